The highest BCUT2D eigenvalue weighted by molar-refractivity contribution is 7.18. The second-order valence-electron chi connectivity index (χ2n) is 9.41. The Balaban J connectivity index is 1.54. The molecule has 4 heteroatoms. The second-order valence-corrected chi connectivity index (χ2v) is 10.5. The summed E-state index contributed by atoms with van der Waals surface area (Å²) in [5, 5.41) is 1.32. The number of rotatable bonds is 4. The largest absolute Gasteiger partial charge is 0.439 e. The molecule has 2 heterocycles. The van der Waals surface area contributed by atoms with Crippen molar-refractivity contribution in [3.05, 3.63) is 82.7 Å². The molecule has 1 aliphatic heterocycles. The topological polar surface area (TPSA) is 16.4 Å². The van der Waals surface area contributed by atoms with E-state index < -0.39 is 0 Å². The maximum Gasteiger partial charge on any atom is 0.263 e. The molecule has 0 radical (unpaired) electrons. The Bertz CT molecular complexity index is 1260. The van der Waals surface area contributed by atoms with Crippen LogP contribution in [0.2, 0.25) is 0 Å². The average Bonchev–Trinajstić information content (AvgIpc) is 3.28. The van der Waals surface area contributed by atoms with Crippen molar-refractivity contribution in [1.82, 2.24) is 0 Å². The Kier molecular flexibility index (Phi) is 5.42. The van der Waals surface area contributed by atoms with E-state index in [9.17, 15) is 0 Å². The molecule has 0 atom stereocenters. The molecule has 0 saturated heterocycles. The maximum atomic E-state index is 6.24. The van der Waals surface area contributed by atoms with Crippen LogP contribution in [0.5, 0.6) is 5.75 Å². The van der Waals surface area contributed by atoms with Crippen LogP contribution in [0.1, 0.15) is 45.5 Å². The number of allylic oxidation sites excluding steroid dienone is 4. The van der Waals surface area contributed by atoms with E-state index in [1.165, 1.54) is 26.4 Å². The minimum absolute atomic E-state index is 0.212. The Morgan fingerprint density at radius 2 is 1.81 bits per heavy atom. The number of ether oxygens (including phenoxy) is 1. The maximum absolute atomic E-state index is 6.24. The van der Waals surface area contributed by atoms with Crippen molar-refractivity contribution in [2.45, 2.75) is 47.1 Å². The highest BCUT2D eigenvalue weighted by Gasteiger charge is 2.29. The first kappa shape index (κ1) is 21.0. The fourth-order valence-corrected chi connectivity index (χ4v) is 6.19. The van der Waals surface area contributed by atoms with Crippen LogP contribution in [0.15, 0.2) is 77.7 Å². The smallest absolute Gasteiger partial charge is 0.263 e. The number of thiazole rings is 1. The number of fused-ring (bicyclic) bond motifs is 2. The third-order valence-electron chi connectivity index (χ3n) is 6.26. The summed E-state index contributed by atoms with van der Waals surface area (Å²) >= 11 is 1.88. The highest BCUT2D eigenvalue weighted by atomic mass is 32.1. The molecule has 0 bridgehead atoms. The Morgan fingerprint density at radius 3 is 2.62 bits per heavy atom. The lowest BCUT2D eigenvalue weighted by molar-refractivity contribution is -0.665. The zero-order valence-electron chi connectivity index (χ0n) is 19.4. The fraction of sp³-hybridized carbons (Fsp3) is 0.321. The molecule has 5 rings (SSSR count). The predicted octanol–water partition coefficient (Wildman–Crippen LogP) is 7.10. The zero-order chi connectivity index (χ0) is 22.3. The molecule has 164 valence electrons. The molecule has 0 amide bonds. The number of nitrogens with zero attached hydrogens (tertiary/aromatic N) is 2. The second kappa shape index (κ2) is 8.25. The van der Waals surface area contributed by atoms with Gasteiger partial charge in [0.25, 0.3) is 5.01 Å². The molecule has 2 aliphatic rings. The van der Waals surface area contributed by atoms with E-state index >= 15 is 0 Å². The molecule has 0 N–H and O–H groups in total. The third kappa shape index (κ3) is 3.88. The number of aryl methyl sites for hydroxylation is 1. The quantitative estimate of drug-likeness (QED) is 0.400. The van der Waals surface area contributed by atoms with Crippen molar-refractivity contribution in [1.29, 1.82) is 0 Å². The number of para-hydroxylation sites is 3. The summed E-state index contributed by atoms with van der Waals surface area (Å²) in [5.74, 6) is 1.88. The van der Waals surface area contributed by atoms with Gasteiger partial charge in [0, 0.05) is 24.8 Å². The van der Waals surface area contributed by atoms with Gasteiger partial charge in [-0.25, -0.2) is 0 Å². The van der Waals surface area contributed by atoms with Crippen molar-refractivity contribution >= 4 is 33.3 Å². The summed E-state index contributed by atoms with van der Waals surface area (Å²) in [6.07, 6.45) is 9.15. The summed E-state index contributed by atoms with van der Waals surface area (Å²) in [5.41, 5.74) is 5.41. The van der Waals surface area contributed by atoms with Gasteiger partial charge in [0.2, 0.25) is 11.4 Å². The van der Waals surface area contributed by atoms with Crippen LogP contribution >= 0.6 is 11.3 Å². The monoisotopic (exact) mass is 443 g/mol. The highest BCUT2D eigenvalue weighted by Crippen LogP contribution is 2.42. The van der Waals surface area contributed by atoms with E-state index in [0.717, 1.165) is 43.3 Å². The van der Waals surface area contributed by atoms with Gasteiger partial charge in [0.15, 0.2) is 5.75 Å². The molecular weight excluding hydrogens is 412 g/mol. The van der Waals surface area contributed by atoms with Gasteiger partial charge in [0.1, 0.15) is 11.2 Å². The van der Waals surface area contributed by atoms with Gasteiger partial charge >= 0.3 is 0 Å². The number of anilines is 1. The molecule has 32 heavy (non-hydrogen) atoms. The van der Waals surface area contributed by atoms with E-state index in [2.05, 4.69) is 91.8 Å². The SMILES string of the molecule is CCN1C(=CC2=CC(=Cc3sc4ccccc4[n+]3CC)CC(C)(C)C2)Oc2ccccc21. The zero-order valence-corrected chi connectivity index (χ0v) is 20.2. The van der Waals surface area contributed by atoms with Gasteiger partial charge in [0.05, 0.1) is 5.69 Å². The van der Waals surface area contributed by atoms with Crippen LogP contribution in [0.25, 0.3) is 16.3 Å². The number of benzene rings is 2. The molecule has 0 fully saturated rings. The number of hydrogen-bond donors (Lipinski definition) is 0. The van der Waals surface area contributed by atoms with Gasteiger partial charge in [-0.05, 0) is 61.4 Å². The van der Waals surface area contributed by atoms with Crippen molar-refractivity contribution in [2.24, 2.45) is 5.41 Å². The molecule has 2 aromatic carbocycles. The van der Waals surface area contributed by atoms with E-state index in [1.54, 1.807) is 0 Å². The van der Waals surface area contributed by atoms with E-state index in [0.29, 0.717) is 0 Å². The van der Waals surface area contributed by atoms with Crippen molar-refractivity contribution in [2.75, 3.05) is 11.4 Å². The minimum Gasteiger partial charge on any atom is -0.439 e. The summed E-state index contributed by atoms with van der Waals surface area (Å²) < 4.78 is 10.0. The summed E-state index contributed by atoms with van der Waals surface area (Å²) in [7, 11) is 0. The fourth-order valence-electron chi connectivity index (χ4n) is 4.98. The standard InChI is InChI=1S/C28H31N2OS/c1-5-29-22-11-7-9-13-24(22)31-26(29)16-20-15-21(19-28(3,4)18-20)17-27-30(6-2)23-12-8-10-14-25(23)32-27/h7-17H,5-6,18-19H2,1-4H3/q+1. The number of aromatic nitrogens is 1. The molecule has 3 aromatic rings. The molecule has 3 nitrogen and oxygen atoms in total. The van der Waals surface area contributed by atoms with Crippen LogP contribution in [-0.2, 0) is 6.54 Å². The molecule has 1 aliphatic carbocycles. The summed E-state index contributed by atoms with van der Waals surface area (Å²) in [4.78, 5) is 2.26. The lowest BCUT2D eigenvalue weighted by Crippen LogP contribution is -2.33. The van der Waals surface area contributed by atoms with Crippen LogP contribution in [0, 0.1) is 5.41 Å². The first-order valence-corrected chi connectivity index (χ1v) is 12.4. The Morgan fingerprint density at radius 1 is 1.03 bits per heavy atom. The normalized spacial score (nSPS) is 20.0. The first-order valence-electron chi connectivity index (χ1n) is 11.6. The molecular formula is C28H31N2OS+. The van der Waals surface area contributed by atoms with Crippen LogP contribution < -0.4 is 14.2 Å². The van der Waals surface area contributed by atoms with Gasteiger partial charge < -0.3 is 9.64 Å². The molecule has 0 saturated carbocycles. The van der Waals surface area contributed by atoms with Gasteiger partial charge in [-0.1, -0.05) is 55.5 Å². The molecule has 0 spiro atoms. The summed E-state index contributed by atoms with van der Waals surface area (Å²) in [6, 6.07) is 17.0. The average molecular weight is 444 g/mol. The van der Waals surface area contributed by atoms with E-state index in [1.807, 2.05) is 23.5 Å². The summed E-state index contributed by atoms with van der Waals surface area (Å²) in [6.45, 7) is 11.0. The lowest BCUT2D eigenvalue weighted by Gasteiger charge is -2.30. The van der Waals surface area contributed by atoms with Crippen LogP contribution in [-0.4, -0.2) is 6.54 Å². The van der Waals surface area contributed by atoms with Gasteiger partial charge in [-0.15, -0.1) is 0 Å². The van der Waals surface area contributed by atoms with Crippen molar-refractivity contribution in [3.63, 3.8) is 0 Å². The predicted molar refractivity (Wildman–Crippen MR) is 135 cm³/mol. The lowest BCUT2D eigenvalue weighted by atomic mass is 9.75. The number of hydrogen-bond acceptors (Lipinski definition) is 3. The molecule has 1 aromatic heterocycles. The van der Waals surface area contributed by atoms with Crippen molar-refractivity contribution in [3.8, 4) is 5.75 Å². The minimum atomic E-state index is 0.212. The Hall–Kier alpha value is -2.85. The third-order valence-corrected chi connectivity index (χ3v) is 7.37. The van der Waals surface area contributed by atoms with Crippen LogP contribution in [0.3, 0.4) is 0 Å². The van der Waals surface area contributed by atoms with E-state index in [-0.39, 0.29) is 5.41 Å². The Labute approximate surface area is 195 Å². The van der Waals surface area contributed by atoms with Gasteiger partial charge in [-0.2, -0.15) is 4.57 Å². The molecule has 0 unspecified atom stereocenters. The van der Waals surface area contributed by atoms with Crippen LogP contribution in [0.4, 0.5) is 5.69 Å². The first-order chi connectivity index (χ1) is 15.5. The van der Waals surface area contributed by atoms with E-state index in [4.69, 9.17) is 4.74 Å². The van der Waals surface area contributed by atoms with Crippen molar-refractivity contribution < 1.29 is 9.30 Å². The van der Waals surface area contributed by atoms with Gasteiger partial charge in [-0.3, -0.25) is 0 Å².